The standard InChI is InChI=1S/C31H22O2/c32-20-22-11-15-24(16-12-22)28-19-29(25-17-13-23(21-33)14-18-25)31(27-9-5-2-6-10-27)30(28)26-7-3-1-4-8-26/h1-21,30H/t30-/m1/s1. The Bertz CT molecular complexity index is 1340. The highest BCUT2D eigenvalue weighted by molar-refractivity contribution is 6.11. The van der Waals surface area contributed by atoms with E-state index < -0.39 is 0 Å². The van der Waals surface area contributed by atoms with Gasteiger partial charge in [-0.05, 0) is 45.0 Å². The number of allylic oxidation sites excluding steroid dienone is 4. The van der Waals surface area contributed by atoms with E-state index in [9.17, 15) is 9.59 Å². The maximum Gasteiger partial charge on any atom is 0.150 e. The molecule has 0 N–H and O–H groups in total. The Balaban J connectivity index is 1.75. The van der Waals surface area contributed by atoms with Gasteiger partial charge in [-0.1, -0.05) is 109 Å². The second-order valence-corrected chi connectivity index (χ2v) is 8.12. The lowest BCUT2D eigenvalue weighted by Crippen LogP contribution is -2.03. The average molecular weight is 427 g/mol. The second-order valence-electron chi connectivity index (χ2n) is 8.12. The van der Waals surface area contributed by atoms with Crippen molar-refractivity contribution in [3.8, 4) is 0 Å². The second kappa shape index (κ2) is 9.05. The molecule has 1 atom stereocenters. The van der Waals surface area contributed by atoms with Crippen molar-refractivity contribution in [3.63, 3.8) is 0 Å². The Morgan fingerprint density at radius 1 is 0.515 bits per heavy atom. The van der Waals surface area contributed by atoms with Crippen molar-refractivity contribution in [2.45, 2.75) is 5.92 Å². The van der Waals surface area contributed by atoms with E-state index in [1.807, 2.05) is 60.7 Å². The Morgan fingerprint density at radius 2 is 1.03 bits per heavy atom. The fourth-order valence-electron chi connectivity index (χ4n) is 4.54. The molecule has 0 aromatic heterocycles. The first-order valence-electron chi connectivity index (χ1n) is 11.0. The SMILES string of the molecule is O=Cc1ccc(C2=CC(c3ccc(C=O)cc3)=C(c3ccccc3)[C@@H]2c2ccccc2)cc1. The molecule has 2 nitrogen and oxygen atoms in total. The lowest BCUT2D eigenvalue weighted by atomic mass is 9.81. The van der Waals surface area contributed by atoms with Crippen LogP contribution in [0.15, 0.2) is 115 Å². The quantitative estimate of drug-likeness (QED) is 0.308. The van der Waals surface area contributed by atoms with Crippen LogP contribution in [0.5, 0.6) is 0 Å². The summed E-state index contributed by atoms with van der Waals surface area (Å²) in [6, 6.07) is 36.5. The third-order valence-corrected chi connectivity index (χ3v) is 6.15. The molecule has 1 aliphatic carbocycles. The highest BCUT2D eigenvalue weighted by Crippen LogP contribution is 2.52. The molecule has 0 unspecified atom stereocenters. The summed E-state index contributed by atoms with van der Waals surface area (Å²) in [6.07, 6.45) is 3.99. The molecule has 0 saturated heterocycles. The number of hydrogen-bond donors (Lipinski definition) is 0. The molecule has 4 aromatic carbocycles. The summed E-state index contributed by atoms with van der Waals surface area (Å²) in [5.74, 6) is 0.0384. The van der Waals surface area contributed by atoms with Gasteiger partial charge in [-0.3, -0.25) is 9.59 Å². The van der Waals surface area contributed by atoms with Crippen LogP contribution in [0, 0.1) is 0 Å². The van der Waals surface area contributed by atoms with Gasteiger partial charge in [0.05, 0.1) is 0 Å². The fraction of sp³-hybridized carbons (Fsp3) is 0.0323. The van der Waals surface area contributed by atoms with Gasteiger partial charge in [0.15, 0.2) is 0 Å². The minimum Gasteiger partial charge on any atom is -0.298 e. The van der Waals surface area contributed by atoms with Gasteiger partial charge >= 0.3 is 0 Å². The summed E-state index contributed by atoms with van der Waals surface area (Å²) >= 11 is 0. The Morgan fingerprint density at radius 3 is 1.58 bits per heavy atom. The molecular formula is C31H22O2. The zero-order chi connectivity index (χ0) is 22.6. The number of carbonyl (C=O) groups is 2. The van der Waals surface area contributed by atoms with Gasteiger partial charge in [0.2, 0.25) is 0 Å². The summed E-state index contributed by atoms with van der Waals surface area (Å²) in [5, 5.41) is 0. The van der Waals surface area contributed by atoms with E-state index in [-0.39, 0.29) is 5.92 Å². The maximum atomic E-state index is 11.2. The summed E-state index contributed by atoms with van der Waals surface area (Å²) in [6.45, 7) is 0. The van der Waals surface area contributed by atoms with Crippen molar-refractivity contribution < 1.29 is 9.59 Å². The van der Waals surface area contributed by atoms with Crippen LogP contribution in [-0.4, -0.2) is 12.6 Å². The van der Waals surface area contributed by atoms with Gasteiger partial charge in [0.1, 0.15) is 12.6 Å². The summed E-state index contributed by atoms with van der Waals surface area (Å²) in [5.41, 5.74) is 9.41. The molecule has 0 heterocycles. The van der Waals surface area contributed by atoms with Crippen LogP contribution in [0.4, 0.5) is 0 Å². The van der Waals surface area contributed by atoms with Crippen LogP contribution in [0.1, 0.15) is 48.9 Å². The first-order valence-corrected chi connectivity index (χ1v) is 11.0. The Hall–Kier alpha value is -4.30. The molecule has 2 heteroatoms. The third kappa shape index (κ3) is 3.99. The van der Waals surface area contributed by atoms with Crippen LogP contribution < -0.4 is 0 Å². The van der Waals surface area contributed by atoms with Gasteiger partial charge in [-0.2, -0.15) is 0 Å². The molecule has 0 bridgehead atoms. The molecule has 1 aliphatic rings. The molecule has 0 fully saturated rings. The lowest BCUT2D eigenvalue weighted by molar-refractivity contribution is 0.111. The lowest BCUT2D eigenvalue weighted by Gasteiger charge is -2.22. The summed E-state index contributed by atoms with van der Waals surface area (Å²) in [7, 11) is 0. The molecule has 158 valence electrons. The Labute approximate surface area is 193 Å². The third-order valence-electron chi connectivity index (χ3n) is 6.15. The highest BCUT2D eigenvalue weighted by Gasteiger charge is 2.31. The van der Waals surface area contributed by atoms with E-state index in [0.29, 0.717) is 11.1 Å². The maximum absolute atomic E-state index is 11.2. The smallest absolute Gasteiger partial charge is 0.150 e. The summed E-state index contributed by atoms with van der Waals surface area (Å²) in [4.78, 5) is 22.4. The van der Waals surface area contributed by atoms with Crippen molar-refractivity contribution in [1.82, 2.24) is 0 Å². The van der Waals surface area contributed by atoms with Crippen molar-refractivity contribution in [2.24, 2.45) is 0 Å². The highest BCUT2D eigenvalue weighted by atomic mass is 16.1. The van der Waals surface area contributed by atoms with Gasteiger partial charge < -0.3 is 0 Å². The minimum absolute atomic E-state index is 0.0384. The number of carbonyl (C=O) groups excluding carboxylic acids is 2. The molecule has 5 rings (SSSR count). The van der Waals surface area contributed by atoms with Gasteiger partial charge in [-0.25, -0.2) is 0 Å². The van der Waals surface area contributed by atoms with E-state index >= 15 is 0 Å². The molecule has 33 heavy (non-hydrogen) atoms. The monoisotopic (exact) mass is 426 g/mol. The first-order chi connectivity index (χ1) is 16.3. The largest absolute Gasteiger partial charge is 0.298 e. The predicted octanol–water partition coefficient (Wildman–Crippen LogP) is 7.10. The zero-order valence-corrected chi connectivity index (χ0v) is 18.0. The molecule has 0 aliphatic heterocycles. The molecule has 0 saturated carbocycles. The van der Waals surface area contributed by atoms with Gasteiger partial charge in [0, 0.05) is 17.0 Å². The normalized spacial score (nSPS) is 15.3. The van der Waals surface area contributed by atoms with Gasteiger partial charge in [0.25, 0.3) is 0 Å². The van der Waals surface area contributed by atoms with Crippen LogP contribution >= 0.6 is 0 Å². The predicted molar refractivity (Wildman–Crippen MR) is 134 cm³/mol. The van der Waals surface area contributed by atoms with Crippen LogP contribution in [-0.2, 0) is 0 Å². The van der Waals surface area contributed by atoms with E-state index in [4.69, 9.17) is 0 Å². The average Bonchev–Trinajstić information content (AvgIpc) is 3.30. The number of rotatable bonds is 6. The van der Waals surface area contributed by atoms with E-state index in [2.05, 4.69) is 54.6 Å². The molecule has 0 spiro atoms. The van der Waals surface area contributed by atoms with Crippen molar-refractivity contribution >= 4 is 29.3 Å². The summed E-state index contributed by atoms with van der Waals surface area (Å²) < 4.78 is 0. The first kappa shape index (κ1) is 20.6. The molecule has 0 radical (unpaired) electrons. The Kier molecular flexibility index (Phi) is 5.65. The van der Waals surface area contributed by atoms with Crippen molar-refractivity contribution in [1.29, 1.82) is 0 Å². The number of benzene rings is 4. The molecular weight excluding hydrogens is 404 g/mol. The zero-order valence-electron chi connectivity index (χ0n) is 18.0. The fourth-order valence-corrected chi connectivity index (χ4v) is 4.54. The molecule has 4 aromatic rings. The van der Waals surface area contributed by atoms with E-state index in [1.54, 1.807) is 0 Å². The van der Waals surface area contributed by atoms with E-state index in [0.717, 1.165) is 34.8 Å². The van der Waals surface area contributed by atoms with E-state index in [1.165, 1.54) is 16.7 Å². The number of hydrogen-bond acceptors (Lipinski definition) is 2. The van der Waals surface area contributed by atoms with Crippen molar-refractivity contribution in [3.05, 3.63) is 149 Å². The van der Waals surface area contributed by atoms with Crippen LogP contribution in [0.2, 0.25) is 0 Å². The number of aldehydes is 2. The minimum atomic E-state index is 0.0384. The van der Waals surface area contributed by atoms with Crippen LogP contribution in [0.25, 0.3) is 16.7 Å². The molecule has 0 amide bonds. The van der Waals surface area contributed by atoms with Gasteiger partial charge in [-0.15, -0.1) is 0 Å². The topological polar surface area (TPSA) is 34.1 Å². The van der Waals surface area contributed by atoms with Crippen molar-refractivity contribution in [2.75, 3.05) is 0 Å². The van der Waals surface area contributed by atoms with Crippen LogP contribution in [0.3, 0.4) is 0 Å².